The third-order valence-corrected chi connectivity index (χ3v) is 4.37. The number of nitrogens with one attached hydrogen (secondary N) is 1. The summed E-state index contributed by atoms with van der Waals surface area (Å²) in [4.78, 5) is 20.7. The lowest BCUT2D eigenvalue weighted by Gasteiger charge is -2.13. The van der Waals surface area contributed by atoms with Crippen LogP contribution in [0.15, 0.2) is 29.3 Å². The lowest BCUT2D eigenvalue weighted by molar-refractivity contribution is -0.115. The molecule has 1 aromatic heterocycles. The molecule has 0 aliphatic heterocycles. The number of aryl methyl sites for hydroxylation is 2. The molecule has 0 bridgehead atoms. The molecule has 1 aromatic carbocycles. The Hall–Kier alpha value is -2.73. The SMILES string of the molecule is Cc1nc(C)c(C#N)c(SC(C)C(=O)Nc2ccc(OC(F)F)cc2)n1. The highest BCUT2D eigenvalue weighted by Gasteiger charge is 2.19. The monoisotopic (exact) mass is 378 g/mol. The second-order valence-corrected chi connectivity index (χ2v) is 6.63. The molecule has 0 radical (unpaired) electrons. The number of ether oxygens (including phenoxy) is 1. The van der Waals surface area contributed by atoms with E-state index >= 15 is 0 Å². The Balaban J connectivity index is 2.05. The number of thioether (sulfide) groups is 1. The Morgan fingerprint density at radius 2 is 1.92 bits per heavy atom. The number of carbonyl (C=O) groups is 1. The number of hydrogen-bond donors (Lipinski definition) is 1. The number of carbonyl (C=O) groups excluding carboxylic acids is 1. The fourth-order valence-electron chi connectivity index (χ4n) is 2.08. The van der Waals surface area contributed by atoms with Crippen LogP contribution in [0, 0.1) is 25.2 Å². The first-order valence-electron chi connectivity index (χ1n) is 7.58. The number of amides is 1. The van der Waals surface area contributed by atoms with E-state index in [1.54, 1.807) is 20.8 Å². The summed E-state index contributed by atoms with van der Waals surface area (Å²) in [5.41, 5.74) is 1.35. The fraction of sp³-hybridized carbons (Fsp3) is 0.294. The summed E-state index contributed by atoms with van der Waals surface area (Å²) in [7, 11) is 0. The van der Waals surface area contributed by atoms with Crippen molar-refractivity contribution >= 4 is 23.4 Å². The maximum Gasteiger partial charge on any atom is 0.387 e. The molecule has 1 heterocycles. The van der Waals surface area contributed by atoms with E-state index in [2.05, 4.69) is 26.1 Å². The van der Waals surface area contributed by atoms with Gasteiger partial charge in [-0.25, -0.2) is 9.97 Å². The number of aromatic nitrogens is 2. The smallest absolute Gasteiger partial charge is 0.387 e. The number of nitrogens with zero attached hydrogens (tertiary/aromatic N) is 3. The Morgan fingerprint density at radius 3 is 2.50 bits per heavy atom. The maximum atomic E-state index is 12.3. The van der Waals surface area contributed by atoms with E-state index in [0.717, 1.165) is 11.8 Å². The van der Waals surface area contributed by atoms with Crippen molar-refractivity contribution in [3.8, 4) is 11.8 Å². The van der Waals surface area contributed by atoms with Crippen molar-refractivity contribution in [3.63, 3.8) is 0 Å². The quantitative estimate of drug-likeness (QED) is 0.609. The summed E-state index contributed by atoms with van der Waals surface area (Å²) in [5.74, 6) is 0.215. The van der Waals surface area contributed by atoms with Crippen molar-refractivity contribution in [3.05, 3.63) is 41.3 Å². The Bertz CT molecular complexity index is 838. The normalized spacial score (nSPS) is 11.7. The zero-order valence-corrected chi connectivity index (χ0v) is 15.1. The van der Waals surface area contributed by atoms with E-state index < -0.39 is 11.9 Å². The van der Waals surface area contributed by atoms with Crippen molar-refractivity contribution in [2.45, 2.75) is 37.7 Å². The number of nitriles is 1. The predicted molar refractivity (Wildman–Crippen MR) is 93.2 cm³/mol. The van der Waals surface area contributed by atoms with E-state index in [-0.39, 0.29) is 11.7 Å². The Kier molecular flexibility index (Phi) is 6.46. The van der Waals surface area contributed by atoms with Gasteiger partial charge in [-0.1, -0.05) is 11.8 Å². The van der Waals surface area contributed by atoms with Crippen molar-refractivity contribution in [2.24, 2.45) is 0 Å². The van der Waals surface area contributed by atoms with Gasteiger partial charge < -0.3 is 10.1 Å². The van der Waals surface area contributed by atoms with Gasteiger partial charge in [0.1, 0.15) is 28.2 Å². The minimum atomic E-state index is -2.90. The summed E-state index contributed by atoms with van der Waals surface area (Å²) < 4.78 is 28.5. The van der Waals surface area contributed by atoms with E-state index in [4.69, 9.17) is 0 Å². The van der Waals surface area contributed by atoms with Crippen LogP contribution in [0.3, 0.4) is 0 Å². The molecule has 0 fully saturated rings. The first kappa shape index (κ1) is 19.6. The average molecular weight is 378 g/mol. The molecule has 2 aromatic rings. The molecule has 2 rings (SSSR count). The average Bonchev–Trinajstić information content (AvgIpc) is 2.55. The van der Waals surface area contributed by atoms with E-state index in [1.807, 2.05) is 0 Å². The van der Waals surface area contributed by atoms with Crippen LogP contribution in [0.5, 0.6) is 5.75 Å². The van der Waals surface area contributed by atoms with Crippen LogP contribution in [-0.2, 0) is 4.79 Å². The molecule has 9 heteroatoms. The molecule has 26 heavy (non-hydrogen) atoms. The highest BCUT2D eigenvalue weighted by atomic mass is 32.2. The standard InChI is InChI=1S/C17H16F2N4O2S/c1-9-14(8-20)16(22-11(3)21-9)26-10(2)15(24)23-12-4-6-13(7-5-12)25-17(18)19/h4-7,10,17H,1-3H3,(H,23,24). The molecule has 0 aliphatic rings. The number of alkyl halides is 2. The van der Waals surface area contributed by atoms with E-state index in [1.165, 1.54) is 24.3 Å². The van der Waals surface area contributed by atoms with Crippen LogP contribution in [0.2, 0.25) is 0 Å². The third kappa shape index (κ3) is 5.13. The second kappa shape index (κ2) is 8.58. The molecule has 1 unspecified atom stereocenters. The number of rotatable bonds is 6. The van der Waals surface area contributed by atoms with Gasteiger partial charge in [0.25, 0.3) is 0 Å². The van der Waals surface area contributed by atoms with Crippen LogP contribution < -0.4 is 10.1 Å². The molecule has 0 saturated carbocycles. The van der Waals surface area contributed by atoms with Gasteiger partial charge in [0.15, 0.2) is 0 Å². The van der Waals surface area contributed by atoms with Crippen molar-refractivity contribution in [1.82, 2.24) is 9.97 Å². The molecule has 0 aliphatic carbocycles. The van der Waals surface area contributed by atoms with Gasteiger partial charge in [0.05, 0.1) is 10.9 Å². The Morgan fingerprint density at radius 1 is 1.27 bits per heavy atom. The summed E-state index contributed by atoms with van der Waals surface area (Å²) in [6.45, 7) is 2.21. The largest absolute Gasteiger partial charge is 0.435 e. The molecule has 0 spiro atoms. The lowest BCUT2D eigenvalue weighted by Crippen LogP contribution is -2.22. The first-order valence-corrected chi connectivity index (χ1v) is 8.46. The van der Waals surface area contributed by atoms with Gasteiger partial charge in [-0.15, -0.1) is 0 Å². The zero-order valence-electron chi connectivity index (χ0n) is 14.3. The van der Waals surface area contributed by atoms with Gasteiger partial charge in [-0.2, -0.15) is 14.0 Å². The van der Waals surface area contributed by atoms with Gasteiger partial charge in [-0.3, -0.25) is 4.79 Å². The summed E-state index contributed by atoms with van der Waals surface area (Å²) in [6, 6.07) is 7.66. The van der Waals surface area contributed by atoms with Crippen LogP contribution in [0.4, 0.5) is 14.5 Å². The molecule has 6 nitrogen and oxygen atoms in total. The van der Waals surface area contributed by atoms with Crippen LogP contribution in [0.25, 0.3) is 0 Å². The van der Waals surface area contributed by atoms with E-state index in [9.17, 15) is 18.8 Å². The molecular formula is C17H16F2N4O2S. The fourth-order valence-corrected chi connectivity index (χ4v) is 3.08. The molecule has 0 saturated heterocycles. The van der Waals surface area contributed by atoms with Crippen LogP contribution in [0.1, 0.15) is 24.0 Å². The molecule has 1 atom stereocenters. The topological polar surface area (TPSA) is 87.9 Å². The third-order valence-electron chi connectivity index (χ3n) is 3.28. The van der Waals surface area contributed by atoms with Gasteiger partial charge in [-0.05, 0) is 45.0 Å². The van der Waals surface area contributed by atoms with Gasteiger partial charge in [0.2, 0.25) is 5.91 Å². The first-order chi connectivity index (χ1) is 12.3. The summed E-state index contributed by atoms with van der Waals surface area (Å²) in [5, 5.41) is 11.8. The number of benzene rings is 1. The van der Waals surface area contributed by atoms with E-state index in [0.29, 0.717) is 27.8 Å². The van der Waals surface area contributed by atoms with Crippen molar-refractivity contribution in [2.75, 3.05) is 5.32 Å². The number of hydrogen-bond acceptors (Lipinski definition) is 6. The van der Waals surface area contributed by atoms with Crippen molar-refractivity contribution in [1.29, 1.82) is 5.26 Å². The van der Waals surface area contributed by atoms with Gasteiger partial charge in [0, 0.05) is 5.69 Å². The van der Waals surface area contributed by atoms with Crippen molar-refractivity contribution < 1.29 is 18.3 Å². The number of halogens is 2. The summed E-state index contributed by atoms with van der Waals surface area (Å²) >= 11 is 1.15. The molecule has 1 N–H and O–H groups in total. The molecular weight excluding hydrogens is 362 g/mol. The van der Waals surface area contributed by atoms with Gasteiger partial charge >= 0.3 is 6.61 Å². The molecule has 136 valence electrons. The highest BCUT2D eigenvalue weighted by molar-refractivity contribution is 8.00. The second-order valence-electron chi connectivity index (χ2n) is 5.30. The highest BCUT2D eigenvalue weighted by Crippen LogP contribution is 2.27. The van der Waals surface area contributed by atoms with Crippen LogP contribution in [-0.4, -0.2) is 27.7 Å². The predicted octanol–water partition coefficient (Wildman–Crippen LogP) is 3.69. The minimum absolute atomic E-state index is 0.00557. The lowest BCUT2D eigenvalue weighted by atomic mass is 10.3. The zero-order chi connectivity index (χ0) is 19.3. The number of anilines is 1. The maximum absolute atomic E-state index is 12.3. The Labute approximate surface area is 153 Å². The molecule has 1 amide bonds. The summed E-state index contributed by atoms with van der Waals surface area (Å²) in [6.07, 6.45) is 0. The minimum Gasteiger partial charge on any atom is -0.435 e. The van der Waals surface area contributed by atoms with Crippen LogP contribution >= 0.6 is 11.8 Å².